The topological polar surface area (TPSA) is 3.24 Å². The zero-order valence-electron chi connectivity index (χ0n) is 21.6. The largest absolute Gasteiger partial charge is 0.297 e. The van der Waals surface area contributed by atoms with Crippen LogP contribution < -0.4 is 0 Å². The van der Waals surface area contributed by atoms with Gasteiger partial charge in [-0.3, -0.25) is 4.90 Å². The molecule has 0 amide bonds. The van der Waals surface area contributed by atoms with Crippen LogP contribution in [0, 0.1) is 10.8 Å². The van der Waals surface area contributed by atoms with Crippen LogP contribution in [0.3, 0.4) is 0 Å². The highest BCUT2D eigenvalue weighted by molar-refractivity contribution is 5.11. The molecule has 0 fully saturated rings. The van der Waals surface area contributed by atoms with Crippen LogP contribution in [0.1, 0.15) is 146 Å². The van der Waals surface area contributed by atoms with Crippen LogP contribution in [0.2, 0.25) is 0 Å². The maximum absolute atomic E-state index is 3.04. The maximum atomic E-state index is 3.04. The summed E-state index contributed by atoms with van der Waals surface area (Å²) < 4.78 is 0. The van der Waals surface area contributed by atoms with Crippen molar-refractivity contribution >= 4 is 0 Å². The molecule has 1 unspecified atom stereocenters. The highest BCUT2D eigenvalue weighted by Crippen LogP contribution is 2.61. The van der Waals surface area contributed by atoms with E-state index in [1.54, 1.807) is 0 Å². The Hall–Kier alpha value is -0.0400. The molecule has 0 bridgehead atoms. The summed E-state index contributed by atoms with van der Waals surface area (Å²) >= 11 is 0. The molecule has 1 heteroatoms. The van der Waals surface area contributed by atoms with Crippen molar-refractivity contribution in [1.82, 2.24) is 4.90 Å². The van der Waals surface area contributed by atoms with Crippen molar-refractivity contribution in [3.05, 3.63) is 0 Å². The summed E-state index contributed by atoms with van der Waals surface area (Å²) in [5.41, 5.74) is 1.18. The first-order valence-corrected chi connectivity index (χ1v) is 13.1. The third-order valence-electron chi connectivity index (χ3n) is 8.38. The number of nitrogens with zero attached hydrogens (tertiary/aromatic N) is 1. The van der Waals surface area contributed by atoms with Gasteiger partial charge in [0, 0.05) is 5.54 Å². The molecule has 0 spiro atoms. The molecule has 28 heavy (non-hydrogen) atoms. The third-order valence-corrected chi connectivity index (χ3v) is 8.38. The second kappa shape index (κ2) is 14.1. The Morgan fingerprint density at radius 1 is 0.536 bits per heavy atom. The standard InChI is InChI=1S/C27H57N/c1-10-18-23-28(24-19-11-2)27(21-13-4,22-14-5)26(17-8,20-12-3)25(9,15-6)16-7/h10-24H2,1-9H3. The highest BCUT2D eigenvalue weighted by atomic mass is 15.2. The van der Waals surface area contributed by atoms with E-state index in [-0.39, 0.29) is 0 Å². The van der Waals surface area contributed by atoms with Gasteiger partial charge in [0.1, 0.15) is 0 Å². The lowest BCUT2D eigenvalue weighted by Gasteiger charge is -2.64. The molecule has 0 N–H and O–H groups in total. The van der Waals surface area contributed by atoms with Crippen LogP contribution in [-0.4, -0.2) is 23.5 Å². The minimum Gasteiger partial charge on any atom is -0.297 e. The zero-order chi connectivity index (χ0) is 21.7. The summed E-state index contributed by atoms with van der Waals surface area (Å²) in [5.74, 6) is 0. The number of unbranched alkanes of at least 4 members (excludes halogenated alkanes) is 2. The fourth-order valence-corrected chi connectivity index (χ4v) is 6.67. The Labute approximate surface area is 180 Å². The lowest BCUT2D eigenvalue weighted by Crippen LogP contribution is -2.65. The molecule has 0 radical (unpaired) electrons. The average molecular weight is 396 g/mol. The van der Waals surface area contributed by atoms with Crippen LogP contribution in [0.5, 0.6) is 0 Å². The molecule has 0 aliphatic heterocycles. The lowest BCUT2D eigenvalue weighted by atomic mass is 9.47. The lowest BCUT2D eigenvalue weighted by molar-refractivity contribution is -0.137. The Kier molecular flexibility index (Phi) is 14.0. The SMILES string of the molecule is CCCCN(CCCC)C(CCC)(CCC)C(CC)(CCC)C(C)(CC)CC. The van der Waals surface area contributed by atoms with E-state index in [0.29, 0.717) is 16.4 Å². The van der Waals surface area contributed by atoms with Gasteiger partial charge in [0.05, 0.1) is 0 Å². The van der Waals surface area contributed by atoms with Crippen LogP contribution in [0.15, 0.2) is 0 Å². The first-order valence-electron chi connectivity index (χ1n) is 13.1. The highest BCUT2D eigenvalue weighted by Gasteiger charge is 2.58. The molecule has 0 aromatic rings. The first-order chi connectivity index (χ1) is 13.4. The third kappa shape index (κ3) is 5.77. The number of hydrogen-bond acceptors (Lipinski definition) is 1. The molecular formula is C27H57N. The van der Waals surface area contributed by atoms with Gasteiger partial charge in [0.15, 0.2) is 0 Å². The van der Waals surface area contributed by atoms with Crippen molar-refractivity contribution in [3.8, 4) is 0 Å². The van der Waals surface area contributed by atoms with Crippen LogP contribution in [-0.2, 0) is 0 Å². The summed E-state index contributed by atoms with van der Waals surface area (Å²) in [7, 11) is 0. The maximum Gasteiger partial charge on any atom is 0.0270 e. The van der Waals surface area contributed by atoms with E-state index in [1.807, 2.05) is 0 Å². The molecular weight excluding hydrogens is 338 g/mol. The first kappa shape index (κ1) is 28.0. The molecule has 0 heterocycles. The van der Waals surface area contributed by atoms with Gasteiger partial charge < -0.3 is 0 Å². The summed E-state index contributed by atoms with van der Waals surface area (Å²) in [6.45, 7) is 24.7. The van der Waals surface area contributed by atoms with Gasteiger partial charge in [0.2, 0.25) is 0 Å². The van der Waals surface area contributed by atoms with Crippen molar-refractivity contribution in [2.45, 2.75) is 151 Å². The van der Waals surface area contributed by atoms with E-state index in [4.69, 9.17) is 0 Å². The molecule has 0 aliphatic rings. The summed E-state index contributed by atoms with van der Waals surface area (Å²) in [5, 5.41) is 0. The van der Waals surface area contributed by atoms with Crippen LogP contribution in [0.4, 0.5) is 0 Å². The monoisotopic (exact) mass is 395 g/mol. The van der Waals surface area contributed by atoms with Crippen molar-refractivity contribution in [2.75, 3.05) is 13.1 Å². The smallest absolute Gasteiger partial charge is 0.0270 e. The minimum absolute atomic E-state index is 0.354. The van der Waals surface area contributed by atoms with E-state index >= 15 is 0 Å². The normalized spacial score (nSPS) is 15.2. The van der Waals surface area contributed by atoms with Gasteiger partial charge in [-0.05, 0) is 62.4 Å². The van der Waals surface area contributed by atoms with Gasteiger partial charge in [-0.1, -0.05) is 107 Å². The number of rotatable bonds is 18. The Morgan fingerprint density at radius 2 is 0.964 bits per heavy atom. The molecule has 0 saturated heterocycles. The second-order valence-electron chi connectivity index (χ2n) is 9.68. The molecule has 0 rings (SSSR count). The van der Waals surface area contributed by atoms with Crippen LogP contribution >= 0.6 is 0 Å². The van der Waals surface area contributed by atoms with Crippen molar-refractivity contribution < 1.29 is 0 Å². The van der Waals surface area contributed by atoms with Crippen molar-refractivity contribution in [2.24, 2.45) is 10.8 Å². The molecule has 0 aromatic heterocycles. The second-order valence-corrected chi connectivity index (χ2v) is 9.68. The van der Waals surface area contributed by atoms with E-state index in [0.717, 1.165) is 0 Å². The molecule has 0 saturated carbocycles. The van der Waals surface area contributed by atoms with Gasteiger partial charge in [-0.2, -0.15) is 0 Å². The van der Waals surface area contributed by atoms with E-state index in [1.165, 1.54) is 96.6 Å². The fourth-order valence-electron chi connectivity index (χ4n) is 6.67. The summed E-state index contributed by atoms with van der Waals surface area (Å²) in [4.78, 5) is 3.04. The minimum atomic E-state index is 0.354. The quantitative estimate of drug-likeness (QED) is 0.223. The van der Waals surface area contributed by atoms with Crippen molar-refractivity contribution in [1.29, 1.82) is 0 Å². The molecule has 0 aliphatic carbocycles. The van der Waals surface area contributed by atoms with E-state index in [9.17, 15) is 0 Å². The van der Waals surface area contributed by atoms with Gasteiger partial charge in [-0.15, -0.1) is 0 Å². The molecule has 0 aromatic carbocycles. The average Bonchev–Trinajstić information content (AvgIpc) is 2.71. The van der Waals surface area contributed by atoms with Gasteiger partial charge >= 0.3 is 0 Å². The molecule has 1 nitrogen and oxygen atoms in total. The molecule has 1 atom stereocenters. The Morgan fingerprint density at radius 3 is 1.25 bits per heavy atom. The summed E-state index contributed by atoms with van der Waals surface area (Å²) in [6.07, 6.45) is 17.3. The molecule has 170 valence electrons. The predicted molar refractivity (Wildman–Crippen MR) is 130 cm³/mol. The van der Waals surface area contributed by atoms with Crippen LogP contribution in [0.25, 0.3) is 0 Å². The van der Waals surface area contributed by atoms with Crippen molar-refractivity contribution in [3.63, 3.8) is 0 Å². The van der Waals surface area contributed by atoms with E-state index < -0.39 is 0 Å². The van der Waals surface area contributed by atoms with Gasteiger partial charge in [0.25, 0.3) is 0 Å². The number of hydrogen-bond donors (Lipinski definition) is 0. The van der Waals surface area contributed by atoms with E-state index in [2.05, 4.69) is 67.2 Å². The Balaban J connectivity index is 6.74. The predicted octanol–water partition coefficient (Wildman–Crippen LogP) is 9.25. The zero-order valence-corrected chi connectivity index (χ0v) is 21.6. The fraction of sp³-hybridized carbons (Fsp3) is 1.00. The van der Waals surface area contributed by atoms with Gasteiger partial charge in [-0.25, -0.2) is 0 Å². The Bertz CT molecular complexity index is 356. The summed E-state index contributed by atoms with van der Waals surface area (Å²) in [6, 6.07) is 0.